The fourth-order valence-electron chi connectivity index (χ4n) is 2.43. The third-order valence-corrected chi connectivity index (χ3v) is 3.56. The van der Waals surface area contributed by atoms with Crippen LogP contribution in [0.2, 0.25) is 0 Å². The molecule has 1 aromatic carbocycles. The average Bonchev–Trinajstić information content (AvgIpc) is 2.45. The van der Waals surface area contributed by atoms with E-state index in [9.17, 15) is 4.79 Å². The molecule has 1 heterocycles. The number of ether oxygens (including phenoxy) is 1. The van der Waals surface area contributed by atoms with E-state index in [1.165, 1.54) is 4.90 Å². The molecule has 2 rings (SSSR count). The van der Waals surface area contributed by atoms with Crippen LogP contribution in [0.4, 0.5) is 5.95 Å². The second-order valence-corrected chi connectivity index (χ2v) is 5.70. The van der Waals surface area contributed by atoms with Gasteiger partial charge in [-0.1, -0.05) is 18.2 Å². The minimum absolute atomic E-state index is 0.137. The molecule has 0 bridgehead atoms. The summed E-state index contributed by atoms with van der Waals surface area (Å²) in [5.74, 6) is 0.770. The first-order valence-electron chi connectivity index (χ1n) is 7.35. The molecular weight excluding hydrogens is 292 g/mol. The number of hydrogen-bond donors (Lipinski definition) is 1. The smallest absolute Gasteiger partial charge is 0.257 e. The SMILES string of the molecule is Cc1cccc(C)c1OCc1nc(N)nc(C)c1C(=O)N(C)C. The normalized spacial score (nSPS) is 10.5. The number of aromatic nitrogens is 2. The molecule has 2 aromatic rings. The van der Waals surface area contributed by atoms with Crippen molar-refractivity contribution < 1.29 is 9.53 Å². The number of anilines is 1. The van der Waals surface area contributed by atoms with Gasteiger partial charge in [0.05, 0.1) is 17.0 Å². The molecule has 6 heteroatoms. The zero-order chi connectivity index (χ0) is 17.1. The number of para-hydroxylation sites is 1. The van der Waals surface area contributed by atoms with Crippen LogP contribution in [0.1, 0.15) is 32.9 Å². The van der Waals surface area contributed by atoms with Gasteiger partial charge in [0.15, 0.2) is 0 Å². The Bertz CT molecular complexity index is 721. The van der Waals surface area contributed by atoms with Gasteiger partial charge in [0.25, 0.3) is 5.91 Å². The summed E-state index contributed by atoms with van der Waals surface area (Å²) < 4.78 is 5.92. The van der Waals surface area contributed by atoms with Crippen LogP contribution in [-0.2, 0) is 6.61 Å². The first-order valence-corrected chi connectivity index (χ1v) is 7.35. The van der Waals surface area contributed by atoms with E-state index in [2.05, 4.69) is 9.97 Å². The van der Waals surface area contributed by atoms with E-state index >= 15 is 0 Å². The fraction of sp³-hybridized carbons (Fsp3) is 0.353. The van der Waals surface area contributed by atoms with Crippen molar-refractivity contribution in [2.75, 3.05) is 19.8 Å². The molecule has 0 aliphatic rings. The molecule has 23 heavy (non-hydrogen) atoms. The third kappa shape index (κ3) is 3.59. The number of carbonyl (C=O) groups excluding carboxylic acids is 1. The number of aryl methyl sites for hydroxylation is 3. The lowest BCUT2D eigenvalue weighted by Crippen LogP contribution is -2.26. The minimum atomic E-state index is -0.164. The zero-order valence-corrected chi connectivity index (χ0v) is 14.2. The molecule has 6 nitrogen and oxygen atoms in total. The predicted octanol–water partition coefficient (Wildman–Crippen LogP) is 2.26. The van der Waals surface area contributed by atoms with E-state index in [1.807, 2.05) is 32.0 Å². The lowest BCUT2D eigenvalue weighted by Gasteiger charge is -2.17. The summed E-state index contributed by atoms with van der Waals surface area (Å²) in [4.78, 5) is 22.2. The van der Waals surface area contributed by atoms with E-state index in [1.54, 1.807) is 21.0 Å². The number of amides is 1. The second-order valence-electron chi connectivity index (χ2n) is 5.70. The van der Waals surface area contributed by atoms with Crippen molar-refractivity contribution in [1.82, 2.24) is 14.9 Å². The summed E-state index contributed by atoms with van der Waals surface area (Å²) in [6.45, 7) is 5.87. The molecule has 0 unspecified atom stereocenters. The van der Waals surface area contributed by atoms with Crippen LogP contribution in [0, 0.1) is 20.8 Å². The van der Waals surface area contributed by atoms with Gasteiger partial charge in [-0.25, -0.2) is 9.97 Å². The van der Waals surface area contributed by atoms with Gasteiger partial charge in [0.2, 0.25) is 5.95 Å². The fourth-order valence-corrected chi connectivity index (χ4v) is 2.43. The van der Waals surface area contributed by atoms with Crippen LogP contribution in [0.25, 0.3) is 0 Å². The van der Waals surface area contributed by atoms with E-state index in [0.717, 1.165) is 16.9 Å². The lowest BCUT2D eigenvalue weighted by molar-refractivity contribution is 0.0823. The molecule has 1 amide bonds. The molecule has 0 aliphatic carbocycles. The zero-order valence-electron chi connectivity index (χ0n) is 14.2. The Kier molecular flexibility index (Phi) is 4.83. The summed E-state index contributed by atoms with van der Waals surface area (Å²) in [6, 6.07) is 5.94. The molecule has 0 aliphatic heterocycles. The van der Waals surface area contributed by atoms with Crippen LogP contribution in [0.15, 0.2) is 18.2 Å². The Labute approximate surface area is 136 Å². The van der Waals surface area contributed by atoms with E-state index in [4.69, 9.17) is 10.5 Å². The van der Waals surface area contributed by atoms with E-state index in [0.29, 0.717) is 17.0 Å². The molecular formula is C17H22N4O2. The Morgan fingerprint density at radius 1 is 1.17 bits per heavy atom. The summed E-state index contributed by atoms with van der Waals surface area (Å²) in [7, 11) is 3.38. The van der Waals surface area contributed by atoms with Gasteiger partial charge in [-0.05, 0) is 31.9 Å². The molecule has 1 aromatic heterocycles. The standard InChI is InChI=1S/C17H22N4O2/c1-10-7-6-8-11(2)15(10)23-9-13-14(16(22)21(4)5)12(3)19-17(18)20-13/h6-8H,9H2,1-5H3,(H2,18,19,20). The maximum Gasteiger partial charge on any atom is 0.257 e. The number of carbonyl (C=O) groups is 1. The average molecular weight is 314 g/mol. The number of nitrogens with two attached hydrogens (primary N) is 1. The van der Waals surface area contributed by atoms with Crippen LogP contribution in [0.5, 0.6) is 5.75 Å². The van der Waals surface area contributed by atoms with Gasteiger partial charge >= 0.3 is 0 Å². The largest absolute Gasteiger partial charge is 0.487 e. The van der Waals surface area contributed by atoms with Gasteiger partial charge in [0.1, 0.15) is 12.4 Å². The number of nitrogens with zero attached hydrogens (tertiary/aromatic N) is 3. The second kappa shape index (κ2) is 6.64. The van der Waals surface area contributed by atoms with Gasteiger partial charge < -0.3 is 15.4 Å². The highest BCUT2D eigenvalue weighted by molar-refractivity contribution is 5.96. The van der Waals surface area contributed by atoms with Crippen molar-refractivity contribution in [3.63, 3.8) is 0 Å². The Balaban J connectivity index is 2.38. The molecule has 122 valence electrons. The van der Waals surface area contributed by atoms with Crippen molar-refractivity contribution in [3.8, 4) is 5.75 Å². The highest BCUT2D eigenvalue weighted by Gasteiger charge is 2.20. The molecule has 0 atom stereocenters. The first kappa shape index (κ1) is 16.7. The number of benzene rings is 1. The van der Waals surface area contributed by atoms with E-state index in [-0.39, 0.29) is 18.5 Å². The molecule has 0 radical (unpaired) electrons. The van der Waals surface area contributed by atoms with Crippen molar-refractivity contribution in [3.05, 3.63) is 46.3 Å². The van der Waals surface area contributed by atoms with Crippen molar-refractivity contribution in [2.45, 2.75) is 27.4 Å². The highest BCUT2D eigenvalue weighted by atomic mass is 16.5. The maximum atomic E-state index is 12.4. The molecule has 0 spiro atoms. The maximum absolute atomic E-state index is 12.4. The van der Waals surface area contributed by atoms with Gasteiger partial charge in [0, 0.05) is 14.1 Å². The van der Waals surface area contributed by atoms with Crippen LogP contribution in [0.3, 0.4) is 0 Å². The molecule has 0 saturated heterocycles. The van der Waals surface area contributed by atoms with Crippen molar-refractivity contribution in [1.29, 1.82) is 0 Å². The Morgan fingerprint density at radius 2 is 1.78 bits per heavy atom. The van der Waals surface area contributed by atoms with Crippen LogP contribution in [-0.4, -0.2) is 34.9 Å². The summed E-state index contributed by atoms with van der Waals surface area (Å²) in [5, 5.41) is 0. The predicted molar refractivity (Wildman–Crippen MR) is 89.4 cm³/mol. The topological polar surface area (TPSA) is 81.3 Å². The summed E-state index contributed by atoms with van der Waals surface area (Å²) in [6.07, 6.45) is 0. The van der Waals surface area contributed by atoms with Crippen LogP contribution < -0.4 is 10.5 Å². The lowest BCUT2D eigenvalue weighted by atomic mass is 10.1. The third-order valence-electron chi connectivity index (χ3n) is 3.56. The monoisotopic (exact) mass is 314 g/mol. The number of nitrogen functional groups attached to an aromatic ring is 1. The molecule has 0 saturated carbocycles. The Morgan fingerprint density at radius 3 is 2.35 bits per heavy atom. The number of rotatable bonds is 4. The quantitative estimate of drug-likeness (QED) is 0.936. The highest BCUT2D eigenvalue weighted by Crippen LogP contribution is 2.24. The number of hydrogen-bond acceptors (Lipinski definition) is 5. The van der Waals surface area contributed by atoms with Gasteiger partial charge in [-0.15, -0.1) is 0 Å². The van der Waals surface area contributed by atoms with E-state index < -0.39 is 0 Å². The minimum Gasteiger partial charge on any atom is -0.487 e. The van der Waals surface area contributed by atoms with Crippen molar-refractivity contribution in [2.24, 2.45) is 0 Å². The molecule has 2 N–H and O–H groups in total. The summed E-state index contributed by atoms with van der Waals surface area (Å²) >= 11 is 0. The van der Waals surface area contributed by atoms with Gasteiger partial charge in [-0.2, -0.15) is 0 Å². The first-order chi connectivity index (χ1) is 10.8. The van der Waals surface area contributed by atoms with Crippen LogP contribution >= 0.6 is 0 Å². The van der Waals surface area contributed by atoms with Crippen molar-refractivity contribution >= 4 is 11.9 Å². The Hall–Kier alpha value is -2.63. The summed E-state index contributed by atoms with van der Waals surface area (Å²) in [5.41, 5.74) is 9.28. The molecule has 0 fully saturated rings. The van der Waals surface area contributed by atoms with Gasteiger partial charge in [-0.3, -0.25) is 4.79 Å².